The lowest BCUT2D eigenvalue weighted by atomic mass is 9.67. The van der Waals surface area contributed by atoms with E-state index in [9.17, 15) is 14.4 Å². The average Bonchev–Trinajstić information content (AvgIpc) is 2.54. The summed E-state index contributed by atoms with van der Waals surface area (Å²) in [5.41, 5.74) is 2.51. The number of esters is 1. The van der Waals surface area contributed by atoms with Crippen molar-refractivity contribution in [2.75, 3.05) is 6.61 Å². The van der Waals surface area contributed by atoms with Crippen LogP contribution in [0.2, 0.25) is 0 Å². The number of aryl methyl sites for hydroxylation is 2. The van der Waals surface area contributed by atoms with Crippen molar-refractivity contribution in [1.29, 1.82) is 0 Å². The van der Waals surface area contributed by atoms with E-state index in [0.717, 1.165) is 30.4 Å². The van der Waals surface area contributed by atoms with Crippen LogP contribution in [0.3, 0.4) is 0 Å². The van der Waals surface area contributed by atoms with Gasteiger partial charge in [-0.25, -0.2) is 0 Å². The number of Topliss-reactive ketones (excluding diaryl/α,β-unsaturated/α-hetero) is 2. The summed E-state index contributed by atoms with van der Waals surface area (Å²) in [6.07, 6.45) is 4.03. The number of benzene rings is 1. The number of carbonyl (C=O) groups excluding carboxylic acids is 3. The smallest absolute Gasteiger partial charge is 0.309 e. The maximum absolute atomic E-state index is 12.3. The van der Waals surface area contributed by atoms with Crippen molar-refractivity contribution >= 4 is 17.5 Å². The first-order valence-electron chi connectivity index (χ1n) is 8.76. The zero-order valence-corrected chi connectivity index (χ0v) is 14.3. The molecule has 2 aliphatic carbocycles. The van der Waals surface area contributed by atoms with Crippen molar-refractivity contribution in [2.45, 2.75) is 46.0 Å². The Morgan fingerprint density at radius 2 is 1.79 bits per heavy atom. The molecule has 0 saturated heterocycles. The monoisotopic (exact) mass is 328 g/mol. The second kappa shape index (κ2) is 6.88. The molecule has 128 valence electrons. The lowest BCUT2D eigenvalue weighted by Gasteiger charge is -2.36. The van der Waals surface area contributed by atoms with Gasteiger partial charge in [-0.05, 0) is 51.2 Å². The number of carbonyl (C=O) groups is 3. The van der Waals surface area contributed by atoms with E-state index in [1.54, 1.807) is 0 Å². The highest BCUT2D eigenvalue weighted by Gasteiger charge is 2.41. The quantitative estimate of drug-likeness (QED) is 0.627. The fourth-order valence-corrected chi connectivity index (χ4v) is 4.04. The van der Waals surface area contributed by atoms with E-state index in [4.69, 9.17) is 4.74 Å². The first kappa shape index (κ1) is 16.9. The van der Waals surface area contributed by atoms with Gasteiger partial charge < -0.3 is 4.74 Å². The maximum Gasteiger partial charge on any atom is 0.309 e. The standard InChI is InChI=1S/C20H24O4/c1-12-6-7-13(2)17(8-12)18(21)11-24-20(23)16-9-14-4-3-5-15(10-16)19(14)22/h6-8,14-16H,3-5,9-11H2,1-2H3/t14-,15+,16?. The Morgan fingerprint density at radius 1 is 1.12 bits per heavy atom. The molecule has 1 unspecified atom stereocenters. The molecule has 0 spiro atoms. The molecule has 0 N–H and O–H groups in total. The Hall–Kier alpha value is -1.97. The van der Waals surface area contributed by atoms with Crippen LogP contribution in [-0.4, -0.2) is 24.1 Å². The summed E-state index contributed by atoms with van der Waals surface area (Å²) in [4.78, 5) is 36.7. The van der Waals surface area contributed by atoms with Gasteiger partial charge in [0.25, 0.3) is 0 Å². The van der Waals surface area contributed by atoms with Gasteiger partial charge >= 0.3 is 5.97 Å². The molecule has 2 saturated carbocycles. The molecule has 3 atom stereocenters. The summed E-state index contributed by atoms with van der Waals surface area (Å²) >= 11 is 0. The van der Waals surface area contributed by atoms with Gasteiger partial charge in [-0.15, -0.1) is 0 Å². The number of hydrogen-bond donors (Lipinski definition) is 0. The maximum atomic E-state index is 12.3. The number of ketones is 2. The minimum Gasteiger partial charge on any atom is -0.457 e. The molecule has 1 aromatic carbocycles. The Morgan fingerprint density at radius 3 is 2.46 bits per heavy atom. The van der Waals surface area contributed by atoms with Gasteiger partial charge in [0.05, 0.1) is 5.92 Å². The molecule has 2 fully saturated rings. The summed E-state index contributed by atoms with van der Waals surface area (Å²) in [7, 11) is 0. The summed E-state index contributed by atoms with van der Waals surface area (Å²) in [5, 5.41) is 0. The van der Waals surface area contributed by atoms with E-state index in [2.05, 4.69) is 0 Å². The molecule has 4 heteroatoms. The van der Waals surface area contributed by atoms with Crippen molar-refractivity contribution in [3.8, 4) is 0 Å². The molecular formula is C20H24O4. The predicted octanol–water partition coefficient (Wildman–Crippen LogP) is 3.42. The zero-order valence-electron chi connectivity index (χ0n) is 14.3. The van der Waals surface area contributed by atoms with Crippen LogP contribution < -0.4 is 0 Å². The Balaban J connectivity index is 1.58. The van der Waals surface area contributed by atoms with Crippen molar-refractivity contribution < 1.29 is 19.1 Å². The molecule has 24 heavy (non-hydrogen) atoms. The third-order valence-corrected chi connectivity index (χ3v) is 5.42. The summed E-state index contributed by atoms with van der Waals surface area (Å²) < 4.78 is 5.29. The number of hydrogen-bond acceptors (Lipinski definition) is 4. The topological polar surface area (TPSA) is 60.4 Å². The van der Waals surface area contributed by atoms with Crippen LogP contribution in [0.15, 0.2) is 18.2 Å². The molecule has 4 nitrogen and oxygen atoms in total. The molecule has 3 rings (SSSR count). The zero-order chi connectivity index (χ0) is 17.3. The summed E-state index contributed by atoms with van der Waals surface area (Å²) in [6.45, 7) is 3.59. The summed E-state index contributed by atoms with van der Waals surface area (Å²) in [5.74, 6) is -0.356. The minimum absolute atomic E-state index is 0.0183. The van der Waals surface area contributed by atoms with Crippen LogP contribution in [0.25, 0.3) is 0 Å². The highest BCUT2D eigenvalue weighted by atomic mass is 16.5. The highest BCUT2D eigenvalue weighted by molar-refractivity contribution is 5.99. The normalized spacial score (nSPS) is 26.1. The van der Waals surface area contributed by atoms with Crippen LogP contribution in [0.1, 0.15) is 53.6 Å². The Bertz CT molecular complexity index is 660. The van der Waals surface area contributed by atoms with Crippen molar-refractivity contribution in [1.82, 2.24) is 0 Å². The van der Waals surface area contributed by atoms with Gasteiger partial charge in [0, 0.05) is 17.4 Å². The molecule has 0 heterocycles. The Labute approximate surface area is 142 Å². The van der Waals surface area contributed by atoms with Gasteiger partial charge in [0.15, 0.2) is 6.61 Å². The van der Waals surface area contributed by atoms with Crippen LogP contribution in [0.4, 0.5) is 0 Å². The van der Waals surface area contributed by atoms with E-state index < -0.39 is 0 Å². The first-order valence-corrected chi connectivity index (χ1v) is 8.76. The van der Waals surface area contributed by atoms with E-state index in [1.807, 2.05) is 32.0 Å². The molecule has 0 aromatic heterocycles. The minimum atomic E-state index is -0.321. The fourth-order valence-electron chi connectivity index (χ4n) is 4.04. The molecule has 2 aliphatic rings. The van der Waals surface area contributed by atoms with E-state index in [-0.39, 0.29) is 36.1 Å². The SMILES string of the molecule is Cc1ccc(C)c(C(=O)COC(=O)C2C[C@H]3CCC[C@@H](C2)C3=O)c1. The molecule has 0 amide bonds. The Kier molecular flexibility index (Phi) is 4.83. The van der Waals surface area contributed by atoms with Gasteiger partial charge in [0.2, 0.25) is 5.78 Å². The third-order valence-electron chi connectivity index (χ3n) is 5.42. The molecular weight excluding hydrogens is 304 g/mol. The lowest BCUT2D eigenvalue weighted by Crippen LogP contribution is -2.39. The van der Waals surface area contributed by atoms with Crippen molar-refractivity contribution in [3.05, 3.63) is 34.9 Å². The predicted molar refractivity (Wildman–Crippen MR) is 89.8 cm³/mol. The second-order valence-electron chi connectivity index (χ2n) is 7.24. The van der Waals surface area contributed by atoms with E-state index in [1.165, 1.54) is 0 Å². The van der Waals surface area contributed by atoms with Crippen molar-refractivity contribution in [2.24, 2.45) is 17.8 Å². The number of ether oxygens (including phenoxy) is 1. The third kappa shape index (κ3) is 3.42. The van der Waals surface area contributed by atoms with Gasteiger partial charge in [-0.1, -0.05) is 24.1 Å². The second-order valence-corrected chi connectivity index (χ2v) is 7.24. The lowest BCUT2D eigenvalue weighted by molar-refractivity contribution is -0.152. The molecule has 2 bridgehead atoms. The van der Waals surface area contributed by atoms with Crippen LogP contribution in [0, 0.1) is 31.6 Å². The molecule has 1 aromatic rings. The molecule has 0 aliphatic heterocycles. The summed E-state index contributed by atoms with van der Waals surface area (Å²) in [6, 6.07) is 5.68. The van der Waals surface area contributed by atoms with Gasteiger partial charge in [-0.2, -0.15) is 0 Å². The van der Waals surface area contributed by atoms with E-state index >= 15 is 0 Å². The highest BCUT2D eigenvalue weighted by Crippen LogP contribution is 2.40. The number of fused-ring (bicyclic) bond motifs is 2. The van der Waals surface area contributed by atoms with Crippen molar-refractivity contribution in [3.63, 3.8) is 0 Å². The average molecular weight is 328 g/mol. The largest absolute Gasteiger partial charge is 0.457 e. The number of rotatable bonds is 4. The van der Waals surface area contributed by atoms with Crippen LogP contribution in [-0.2, 0) is 14.3 Å². The van der Waals surface area contributed by atoms with Gasteiger partial charge in [0.1, 0.15) is 5.78 Å². The molecule has 0 radical (unpaired) electrons. The van der Waals surface area contributed by atoms with E-state index in [0.29, 0.717) is 24.2 Å². The first-order chi connectivity index (χ1) is 11.5. The van der Waals surface area contributed by atoms with Gasteiger partial charge in [-0.3, -0.25) is 14.4 Å². The fraction of sp³-hybridized carbons (Fsp3) is 0.550. The van der Waals surface area contributed by atoms with Crippen LogP contribution >= 0.6 is 0 Å². The van der Waals surface area contributed by atoms with Crippen LogP contribution in [0.5, 0.6) is 0 Å².